The lowest BCUT2D eigenvalue weighted by Gasteiger charge is -2.30. The minimum atomic E-state index is -0.281. The summed E-state index contributed by atoms with van der Waals surface area (Å²) >= 11 is 0. The lowest BCUT2D eigenvalue weighted by molar-refractivity contribution is -0.119. The molecule has 1 N–H and O–H groups in total. The predicted octanol–water partition coefficient (Wildman–Crippen LogP) is 1.80. The summed E-state index contributed by atoms with van der Waals surface area (Å²) in [7, 11) is 0. The predicted molar refractivity (Wildman–Crippen MR) is 83.8 cm³/mol. The third-order valence-corrected chi connectivity index (χ3v) is 4.50. The molecule has 5 nitrogen and oxygen atoms in total. The summed E-state index contributed by atoms with van der Waals surface area (Å²) in [6.07, 6.45) is 3.61. The molecule has 2 saturated heterocycles. The summed E-state index contributed by atoms with van der Waals surface area (Å²) in [5.41, 5.74) is 1.51. The van der Waals surface area contributed by atoms with Crippen LogP contribution in [0.2, 0.25) is 0 Å². The minimum Gasteiger partial charge on any atom is -0.393 e. The van der Waals surface area contributed by atoms with Gasteiger partial charge in [-0.3, -0.25) is 9.59 Å². The molecule has 0 saturated carbocycles. The molecular formula is C17H22N2O3. The van der Waals surface area contributed by atoms with Crippen molar-refractivity contribution in [3.8, 4) is 0 Å². The average Bonchev–Trinajstić information content (AvgIpc) is 2.56. The van der Waals surface area contributed by atoms with Gasteiger partial charge in [0, 0.05) is 37.3 Å². The number of carbonyl (C=O) groups is 2. The highest BCUT2D eigenvalue weighted by Crippen LogP contribution is 2.22. The van der Waals surface area contributed by atoms with Gasteiger partial charge in [-0.05, 0) is 49.9 Å². The number of rotatable bonds is 2. The maximum absolute atomic E-state index is 12.4. The molecule has 0 atom stereocenters. The van der Waals surface area contributed by atoms with Crippen molar-refractivity contribution in [1.82, 2.24) is 4.90 Å². The van der Waals surface area contributed by atoms with Crippen molar-refractivity contribution >= 4 is 17.5 Å². The number of hydrogen-bond acceptors (Lipinski definition) is 3. The molecule has 5 heteroatoms. The maximum Gasteiger partial charge on any atom is 0.253 e. The highest BCUT2D eigenvalue weighted by Gasteiger charge is 2.23. The van der Waals surface area contributed by atoms with E-state index in [1.807, 2.05) is 12.1 Å². The Kier molecular flexibility index (Phi) is 4.43. The zero-order chi connectivity index (χ0) is 15.5. The van der Waals surface area contributed by atoms with Gasteiger partial charge in [0.1, 0.15) is 0 Å². The van der Waals surface area contributed by atoms with Crippen molar-refractivity contribution in [2.45, 2.75) is 38.2 Å². The molecule has 0 aromatic heterocycles. The molecule has 1 aromatic carbocycles. The molecule has 0 unspecified atom stereocenters. The van der Waals surface area contributed by atoms with Crippen LogP contribution in [0.3, 0.4) is 0 Å². The summed E-state index contributed by atoms with van der Waals surface area (Å²) < 4.78 is 0. The molecular weight excluding hydrogens is 280 g/mol. The second-order valence-corrected chi connectivity index (χ2v) is 6.07. The number of piperidine rings is 2. The second kappa shape index (κ2) is 6.48. The molecule has 1 aromatic rings. The van der Waals surface area contributed by atoms with Gasteiger partial charge in [-0.2, -0.15) is 0 Å². The van der Waals surface area contributed by atoms with Gasteiger partial charge in [-0.25, -0.2) is 0 Å². The molecule has 3 rings (SSSR count). The SMILES string of the molecule is O=C(c1ccc(N2CCCCC2=O)cc1)N1CCC(O)CC1. The van der Waals surface area contributed by atoms with E-state index in [0.29, 0.717) is 37.9 Å². The molecule has 118 valence electrons. The van der Waals surface area contributed by atoms with Crippen LogP contribution in [0.4, 0.5) is 5.69 Å². The normalized spacial score (nSPS) is 20.3. The Morgan fingerprint density at radius 3 is 2.36 bits per heavy atom. The van der Waals surface area contributed by atoms with Crippen molar-refractivity contribution in [2.75, 3.05) is 24.5 Å². The van der Waals surface area contributed by atoms with Gasteiger partial charge < -0.3 is 14.9 Å². The molecule has 0 radical (unpaired) electrons. The Morgan fingerprint density at radius 1 is 1.05 bits per heavy atom. The third kappa shape index (κ3) is 3.14. The van der Waals surface area contributed by atoms with Crippen LogP contribution in [0.25, 0.3) is 0 Å². The first-order valence-corrected chi connectivity index (χ1v) is 8.03. The number of hydrogen-bond donors (Lipinski definition) is 1. The average molecular weight is 302 g/mol. The Hall–Kier alpha value is -1.88. The molecule has 22 heavy (non-hydrogen) atoms. The van der Waals surface area contributed by atoms with E-state index in [2.05, 4.69) is 0 Å². The van der Waals surface area contributed by atoms with Crippen molar-refractivity contribution in [3.05, 3.63) is 29.8 Å². The van der Waals surface area contributed by atoms with E-state index in [1.54, 1.807) is 21.9 Å². The number of benzene rings is 1. The van der Waals surface area contributed by atoms with Crippen LogP contribution >= 0.6 is 0 Å². The smallest absolute Gasteiger partial charge is 0.253 e. The summed E-state index contributed by atoms with van der Waals surface area (Å²) in [6, 6.07) is 7.31. The number of aliphatic hydroxyl groups excluding tert-OH is 1. The van der Waals surface area contributed by atoms with E-state index in [9.17, 15) is 14.7 Å². The fourth-order valence-corrected chi connectivity index (χ4v) is 3.11. The number of amides is 2. The zero-order valence-electron chi connectivity index (χ0n) is 12.7. The summed E-state index contributed by atoms with van der Waals surface area (Å²) in [4.78, 5) is 27.9. The van der Waals surface area contributed by atoms with Crippen LogP contribution in [0.5, 0.6) is 0 Å². The first-order valence-electron chi connectivity index (χ1n) is 8.03. The van der Waals surface area contributed by atoms with Gasteiger partial charge >= 0.3 is 0 Å². The number of aliphatic hydroxyl groups is 1. The van der Waals surface area contributed by atoms with E-state index in [4.69, 9.17) is 0 Å². The van der Waals surface area contributed by atoms with Crippen molar-refractivity contribution < 1.29 is 14.7 Å². The minimum absolute atomic E-state index is 0.00317. The highest BCUT2D eigenvalue weighted by molar-refractivity contribution is 5.97. The number of anilines is 1. The van der Waals surface area contributed by atoms with Crippen LogP contribution < -0.4 is 4.90 Å². The standard InChI is InChI=1S/C17H22N2O3/c20-15-8-11-18(12-9-15)17(22)13-4-6-14(7-5-13)19-10-2-1-3-16(19)21/h4-7,15,20H,1-3,8-12H2. The first kappa shape index (κ1) is 15.0. The van der Waals surface area contributed by atoms with E-state index in [-0.39, 0.29) is 17.9 Å². The summed E-state index contributed by atoms with van der Waals surface area (Å²) in [6.45, 7) is 1.97. The number of likely N-dealkylation sites (tertiary alicyclic amines) is 1. The fourth-order valence-electron chi connectivity index (χ4n) is 3.11. The van der Waals surface area contributed by atoms with Crippen LogP contribution in [-0.4, -0.2) is 47.6 Å². The summed E-state index contributed by atoms with van der Waals surface area (Å²) in [5.74, 6) is 0.166. The van der Waals surface area contributed by atoms with Gasteiger partial charge in [0.25, 0.3) is 5.91 Å². The zero-order valence-corrected chi connectivity index (χ0v) is 12.7. The Bertz CT molecular complexity index is 548. The van der Waals surface area contributed by atoms with Gasteiger partial charge in [0.05, 0.1) is 6.10 Å². The third-order valence-electron chi connectivity index (χ3n) is 4.50. The Morgan fingerprint density at radius 2 is 1.73 bits per heavy atom. The largest absolute Gasteiger partial charge is 0.393 e. The highest BCUT2D eigenvalue weighted by atomic mass is 16.3. The quantitative estimate of drug-likeness (QED) is 0.906. The van der Waals surface area contributed by atoms with Crippen molar-refractivity contribution in [2.24, 2.45) is 0 Å². The monoisotopic (exact) mass is 302 g/mol. The van der Waals surface area contributed by atoms with E-state index in [0.717, 1.165) is 25.1 Å². The lowest BCUT2D eigenvalue weighted by Crippen LogP contribution is -2.40. The maximum atomic E-state index is 12.4. The first-order chi connectivity index (χ1) is 10.6. The van der Waals surface area contributed by atoms with E-state index in [1.165, 1.54) is 0 Å². The Balaban J connectivity index is 1.68. The molecule has 2 amide bonds. The molecule has 2 fully saturated rings. The molecule has 2 aliphatic heterocycles. The lowest BCUT2D eigenvalue weighted by atomic mass is 10.1. The fraction of sp³-hybridized carbons (Fsp3) is 0.529. The number of carbonyl (C=O) groups excluding carboxylic acids is 2. The van der Waals surface area contributed by atoms with Crippen LogP contribution in [0, 0.1) is 0 Å². The topological polar surface area (TPSA) is 60.9 Å². The van der Waals surface area contributed by atoms with Gasteiger partial charge in [-0.15, -0.1) is 0 Å². The molecule has 0 bridgehead atoms. The van der Waals surface area contributed by atoms with Crippen molar-refractivity contribution in [1.29, 1.82) is 0 Å². The van der Waals surface area contributed by atoms with Gasteiger partial charge in [-0.1, -0.05) is 0 Å². The van der Waals surface area contributed by atoms with Gasteiger partial charge in [0.15, 0.2) is 0 Å². The van der Waals surface area contributed by atoms with Crippen molar-refractivity contribution in [3.63, 3.8) is 0 Å². The van der Waals surface area contributed by atoms with Crippen LogP contribution in [0.1, 0.15) is 42.5 Å². The van der Waals surface area contributed by atoms with Crippen LogP contribution in [0.15, 0.2) is 24.3 Å². The molecule has 2 aliphatic rings. The molecule has 0 spiro atoms. The number of nitrogens with zero attached hydrogens (tertiary/aromatic N) is 2. The van der Waals surface area contributed by atoms with E-state index < -0.39 is 0 Å². The Labute approximate surface area is 130 Å². The second-order valence-electron chi connectivity index (χ2n) is 6.07. The molecule has 2 heterocycles. The van der Waals surface area contributed by atoms with Crippen LogP contribution in [-0.2, 0) is 4.79 Å². The van der Waals surface area contributed by atoms with E-state index >= 15 is 0 Å². The summed E-state index contributed by atoms with van der Waals surface area (Å²) in [5, 5.41) is 9.51. The molecule has 0 aliphatic carbocycles. The van der Waals surface area contributed by atoms with Gasteiger partial charge in [0.2, 0.25) is 5.91 Å².